The molecule has 0 aromatic rings. The van der Waals surface area contributed by atoms with Gasteiger partial charge in [0, 0.05) is 0 Å². The molecule has 3 saturated heterocycles. The van der Waals surface area contributed by atoms with E-state index in [-0.39, 0.29) is 53.1 Å². The molecule has 0 aromatic carbocycles. The molecule has 3 heterocycles. The van der Waals surface area contributed by atoms with Gasteiger partial charge in [0.05, 0.1) is 48.8 Å². The van der Waals surface area contributed by atoms with Crippen molar-refractivity contribution < 1.29 is 69.6 Å². The third-order valence-corrected chi connectivity index (χ3v) is 16.2. The highest BCUT2D eigenvalue weighted by molar-refractivity contribution is 5.18. The van der Waals surface area contributed by atoms with E-state index in [1.165, 1.54) is 0 Å². The first kappa shape index (κ1) is 41.6. The lowest BCUT2D eigenvalue weighted by Crippen LogP contribution is -2.68. The number of aliphatic hydroxyl groups excluding tert-OH is 8. The van der Waals surface area contributed by atoms with E-state index in [1.807, 2.05) is 13.8 Å². The molecule has 0 bridgehead atoms. The van der Waals surface area contributed by atoms with E-state index < -0.39 is 96.8 Å². The van der Waals surface area contributed by atoms with Crippen LogP contribution in [0.1, 0.15) is 99.8 Å². The molecule has 9 N–H and O–H groups in total. The first-order valence-electron chi connectivity index (χ1n) is 20.4. The van der Waals surface area contributed by atoms with Crippen LogP contribution in [0.5, 0.6) is 0 Å². The van der Waals surface area contributed by atoms with Crippen LogP contribution in [-0.2, 0) is 23.7 Å². The third kappa shape index (κ3) is 6.54. The average Bonchev–Trinajstić information content (AvgIpc) is 3.69. The summed E-state index contributed by atoms with van der Waals surface area (Å²) in [5.41, 5.74) is -2.79. The van der Waals surface area contributed by atoms with E-state index in [1.54, 1.807) is 13.8 Å². The van der Waals surface area contributed by atoms with Gasteiger partial charge in [-0.2, -0.15) is 0 Å². The highest BCUT2D eigenvalue weighted by atomic mass is 16.8. The second-order valence-corrected chi connectivity index (χ2v) is 20.1. The van der Waals surface area contributed by atoms with Crippen molar-refractivity contribution in [1.82, 2.24) is 0 Å². The fraction of sp³-hybridized carbons (Fsp3) is 1.00. The first-order valence-corrected chi connectivity index (χ1v) is 20.4. The smallest absolute Gasteiger partial charge is 0.187 e. The average molecular weight is 773 g/mol. The molecular weight excluding hydrogens is 704 g/mol. The molecule has 7 aliphatic rings. The Labute approximate surface area is 319 Å². The summed E-state index contributed by atoms with van der Waals surface area (Å²) in [6.45, 7) is 13.4. The summed E-state index contributed by atoms with van der Waals surface area (Å²) in [6.07, 6.45) is -9.61. The van der Waals surface area contributed by atoms with Crippen molar-refractivity contribution in [2.24, 2.45) is 45.8 Å². The van der Waals surface area contributed by atoms with Gasteiger partial charge in [-0.3, -0.25) is 0 Å². The van der Waals surface area contributed by atoms with Crippen molar-refractivity contribution in [2.75, 3.05) is 13.2 Å². The molecule has 54 heavy (non-hydrogen) atoms. The minimum atomic E-state index is -1.68. The minimum absolute atomic E-state index is 0.0586. The number of fused-ring (bicyclic) bond motifs is 5. The van der Waals surface area contributed by atoms with Crippen molar-refractivity contribution >= 4 is 0 Å². The number of hydrogen-bond acceptors (Lipinski definition) is 14. The molecule has 14 nitrogen and oxygen atoms in total. The first-order chi connectivity index (χ1) is 25.1. The van der Waals surface area contributed by atoms with Gasteiger partial charge < -0.3 is 69.6 Å². The van der Waals surface area contributed by atoms with Crippen molar-refractivity contribution in [3.63, 3.8) is 0 Å². The maximum atomic E-state index is 12.3. The summed E-state index contributed by atoms with van der Waals surface area (Å²) in [5, 5.41) is 98.3. The SMILES string of the molecule is CC1(C)C(O)CC[C@]2(C)C3C[C@H](O)C4[C@@H]([C@]5(C)CC[C@@H](C(C)(C)O)O5)CC[C@]4(C)C3C[C@H](O[C@@H]3O[C@H](CO)[C@@H](O)[C@H](O)[C@H]3O[C@@H]3OC[C@@H](O)[C@H](O)[C@H]3O)C12. The largest absolute Gasteiger partial charge is 0.394 e. The summed E-state index contributed by atoms with van der Waals surface area (Å²) in [5.74, 6) is -0.0111. The molecule has 0 spiro atoms. The zero-order valence-corrected chi connectivity index (χ0v) is 33.0. The Morgan fingerprint density at radius 2 is 1.37 bits per heavy atom. The van der Waals surface area contributed by atoms with Crippen LogP contribution in [0.15, 0.2) is 0 Å². The van der Waals surface area contributed by atoms with E-state index in [4.69, 9.17) is 23.7 Å². The fourth-order valence-electron chi connectivity index (χ4n) is 13.3. The molecule has 7 rings (SSSR count). The molecule has 0 radical (unpaired) electrons. The van der Waals surface area contributed by atoms with E-state index in [0.29, 0.717) is 25.7 Å². The zero-order chi connectivity index (χ0) is 39.5. The summed E-state index contributed by atoms with van der Waals surface area (Å²) in [4.78, 5) is 0. The Hall–Kier alpha value is -0.560. The second kappa shape index (κ2) is 14.3. The van der Waals surface area contributed by atoms with E-state index >= 15 is 0 Å². The lowest BCUT2D eigenvalue weighted by Gasteiger charge is -2.68. The van der Waals surface area contributed by atoms with E-state index in [0.717, 1.165) is 25.7 Å². The summed E-state index contributed by atoms with van der Waals surface area (Å²) in [6, 6.07) is 0. The maximum absolute atomic E-state index is 12.3. The summed E-state index contributed by atoms with van der Waals surface area (Å²) in [7, 11) is 0. The Bertz CT molecular complexity index is 1340. The summed E-state index contributed by atoms with van der Waals surface area (Å²) < 4.78 is 31.4. The Morgan fingerprint density at radius 3 is 2.02 bits per heavy atom. The maximum Gasteiger partial charge on any atom is 0.187 e. The third-order valence-electron chi connectivity index (χ3n) is 16.2. The Balaban J connectivity index is 1.23. The highest BCUT2D eigenvalue weighted by Crippen LogP contribution is 2.72. The lowest BCUT2D eigenvalue weighted by atomic mass is 9.39. The molecule has 312 valence electrons. The molecule has 14 heteroatoms. The quantitative estimate of drug-likeness (QED) is 0.162. The molecular formula is C40H68O14. The second-order valence-electron chi connectivity index (χ2n) is 20.1. The fourth-order valence-corrected chi connectivity index (χ4v) is 13.3. The van der Waals surface area contributed by atoms with Crippen LogP contribution in [0, 0.1) is 45.8 Å². The molecule has 4 aliphatic carbocycles. The van der Waals surface area contributed by atoms with Gasteiger partial charge >= 0.3 is 0 Å². The normalized spacial score (nSPS) is 56.2. The number of hydrogen-bond donors (Lipinski definition) is 9. The van der Waals surface area contributed by atoms with Crippen molar-refractivity contribution in [2.45, 2.75) is 191 Å². The van der Waals surface area contributed by atoms with Gasteiger partial charge in [-0.05, 0) is 118 Å². The Morgan fingerprint density at radius 1 is 0.704 bits per heavy atom. The standard InChI is InChI=1S/C40H68O14/c1-36(2)25(44)9-12-39(6)19-14-21(42)27-18(40(7)13-10-26(54-40)37(3,4)49)8-11-38(27,5)20(19)15-23(33(36)39)51-35-32(30(47)29(46)24(16-41)52-35)53-34-31(48)28(45)22(43)17-50-34/h18-35,41-49H,8-17H2,1-7H3/t18-,19?,20?,21-,22+,23-,24+,25?,26-,27?,28-,29+,30-,31+,32+,33?,34-,35+,38+,39+,40-/m0/s1. The number of rotatable bonds is 7. The molecule has 5 unspecified atom stereocenters. The van der Waals surface area contributed by atoms with Crippen LogP contribution < -0.4 is 0 Å². The zero-order valence-electron chi connectivity index (χ0n) is 33.0. The highest BCUT2D eigenvalue weighted by Gasteiger charge is 2.70. The minimum Gasteiger partial charge on any atom is -0.394 e. The van der Waals surface area contributed by atoms with Gasteiger partial charge in [0.2, 0.25) is 0 Å². The van der Waals surface area contributed by atoms with Gasteiger partial charge in [0.1, 0.15) is 42.7 Å². The van der Waals surface area contributed by atoms with Gasteiger partial charge in [-0.1, -0.05) is 27.7 Å². The molecule has 0 aromatic heterocycles. The topological polar surface area (TPSA) is 228 Å². The van der Waals surface area contributed by atoms with Crippen molar-refractivity contribution in [3.8, 4) is 0 Å². The van der Waals surface area contributed by atoms with Crippen molar-refractivity contribution in [3.05, 3.63) is 0 Å². The van der Waals surface area contributed by atoms with Gasteiger partial charge in [-0.15, -0.1) is 0 Å². The van der Waals surface area contributed by atoms with Gasteiger partial charge in [0.15, 0.2) is 12.6 Å². The van der Waals surface area contributed by atoms with Gasteiger partial charge in [-0.25, -0.2) is 0 Å². The predicted molar refractivity (Wildman–Crippen MR) is 191 cm³/mol. The number of ether oxygens (including phenoxy) is 5. The van der Waals surface area contributed by atoms with Crippen LogP contribution in [0.25, 0.3) is 0 Å². The van der Waals surface area contributed by atoms with Crippen LogP contribution in [0.2, 0.25) is 0 Å². The number of aliphatic hydroxyl groups is 9. The molecule has 4 saturated carbocycles. The monoisotopic (exact) mass is 772 g/mol. The van der Waals surface area contributed by atoms with Crippen LogP contribution >= 0.6 is 0 Å². The molecule has 7 fully saturated rings. The summed E-state index contributed by atoms with van der Waals surface area (Å²) >= 11 is 0. The van der Waals surface area contributed by atoms with Gasteiger partial charge in [0.25, 0.3) is 0 Å². The molecule has 3 aliphatic heterocycles. The predicted octanol–water partition coefficient (Wildman–Crippen LogP) is 0.580. The molecule has 21 atom stereocenters. The molecule has 0 amide bonds. The van der Waals surface area contributed by atoms with Crippen LogP contribution in [0.3, 0.4) is 0 Å². The Kier molecular flexibility index (Phi) is 11.0. The van der Waals surface area contributed by atoms with E-state index in [9.17, 15) is 46.0 Å². The van der Waals surface area contributed by atoms with Crippen molar-refractivity contribution in [1.29, 1.82) is 0 Å². The van der Waals surface area contributed by atoms with Crippen LogP contribution in [-0.4, -0.2) is 150 Å². The van der Waals surface area contributed by atoms with Crippen LogP contribution in [0.4, 0.5) is 0 Å². The van der Waals surface area contributed by atoms with E-state index in [2.05, 4.69) is 20.8 Å². The lowest BCUT2D eigenvalue weighted by molar-refractivity contribution is -0.373.